The highest BCUT2D eigenvalue weighted by Gasteiger charge is 2.24. The highest BCUT2D eigenvalue weighted by atomic mass is 79.9. The molecule has 5 nitrogen and oxygen atoms in total. The molecular formula is C11H13BrFNO4S. The second-order valence-corrected chi connectivity index (χ2v) is 6.87. The molecule has 0 radical (unpaired) electrons. The monoisotopic (exact) mass is 353 g/mol. The lowest BCUT2D eigenvalue weighted by Gasteiger charge is -2.18. The zero-order chi connectivity index (χ0) is 14.8. The lowest BCUT2D eigenvalue weighted by atomic mass is 10.2. The van der Waals surface area contributed by atoms with Crippen LogP contribution in [0.3, 0.4) is 0 Å². The Balaban J connectivity index is 3.13. The van der Waals surface area contributed by atoms with Crippen molar-refractivity contribution in [2.45, 2.75) is 18.2 Å². The van der Waals surface area contributed by atoms with E-state index in [0.717, 1.165) is 10.4 Å². The minimum Gasteiger partial charge on any atom is -0.481 e. The number of aryl methyl sites for hydroxylation is 1. The Labute approximate surface area is 119 Å². The molecule has 0 atom stereocenters. The predicted octanol–water partition coefficient (Wildman–Crippen LogP) is 1.99. The number of hydrogen-bond acceptors (Lipinski definition) is 3. The number of nitrogens with zero attached hydrogens (tertiary/aromatic N) is 1. The van der Waals surface area contributed by atoms with Gasteiger partial charge in [-0.2, -0.15) is 0 Å². The van der Waals surface area contributed by atoms with Crippen LogP contribution < -0.4 is 0 Å². The van der Waals surface area contributed by atoms with Crippen LogP contribution in [-0.2, 0) is 14.8 Å². The van der Waals surface area contributed by atoms with Gasteiger partial charge >= 0.3 is 5.97 Å². The third kappa shape index (κ3) is 3.74. The van der Waals surface area contributed by atoms with Crippen molar-refractivity contribution in [3.63, 3.8) is 0 Å². The van der Waals surface area contributed by atoms with E-state index in [1.807, 2.05) is 0 Å². The highest BCUT2D eigenvalue weighted by molar-refractivity contribution is 9.10. The molecular weight excluding hydrogens is 341 g/mol. The average Bonchev–Trinajstić information content (AvgIpc) is 2.30. The van der Waals surface area contributed by atoms with Crippen LogP contribution in [0.2, 0.25) is 0 Å². The lowest BCUT2D eigenvalue weighted by Crippen LogP contribution is -2.29. The van der Waals surface area contributed by atoms with Crippen LogP contribution in [0.1, 0.15) is 12.0 Å². The van der Waals surface area contributed by atoms with E-state index < -0.39 is 21.8 Å². The average molecular weight is 354 g/mol. The molecule has 0 heterocycles. The molecule has 1 N–H and O–H groups in total. The number of benzene rings is 1. The molecule has 0 saturated carbocycles. The van der Waals surface area contributed by atoms with E-state index in [1.165, 1.54) is 20.0 Å². The molecule has 1 rings (SSSR count). The Morgan fingerprint density at radius 2 is 2.05 bits per heavy atom. The van der Waals surface area contributed by atoms with E-state index in [9.17, 15) is 17.6 Å². The molecule has 1 aromatic rings. The van der Waals surface area contributed by atoms with Gasteiger partial charge in [-0.25, -0.2) is 17.1 Å². The Kier molecular flexibility index (Phi) is 5.05. The van der Waals surface area contributed by atoms with Gasteiger partial charge < -0.3 is 5.11 Å². The Morgan fingerprint density at radius 3 is 2.58 bits per heavy atom. The van der Waals surface area contributed by atoms with Gasteiger partial charge in [-0.15, -0.1) is 0 Å². The summed E-state index contributed by atoms with van der Waals surface area (Å²) in [4.78, 5) is 10.4. The fourth-order valence-corrected chi connectivity index (χ4v) is 3.34. The Bertz CT molecular complexity index is 603. The number of aliphatic carboxylic acids is 1. The molecule has 0 saturated heterocycles. The third-order valence-electron chi connectivity index (χ3n) is 2.55. The molecule has 0 aliphatic heterocycles. The second-order valence-electron chi connectivity index (χ2n) is 4.00. The van der Waals surface area contributed by atoms with Gasteiger partial charge in [0.15, 0.2) is 0 Å². The van der Waals surface area contributed by atoms with Crippen LogP contribution in [0.25, 0.3) is 0 Å². The second kappa shape index (κ2) is 5.98. The van der Waals surface area contributed by atoms with Crippen LogP contribution in [-0.4, -0.2) is 37.4 Å². The summed E-state index contributed by atoms with van der Waals surface area (Å²) in [5.41, 5.74) is 0.267. The van der Waals surface area contributed by atoms with Crippen molar-refractivity contribution in [3.05, 3.63) is 28.0 Å². The van der Waals surface area contributed by atoms with Crippen molar-refractivity contribution in [1.29, 1.82) is 0 Å². The third-order valence-corrected chi connectivity index (χ3v) is 5.15. The van der Waals surface area contributed by atoms with Crippen molar-refractivity contribution in [2.24, 2.45) is 0 Å². The SMILES string of the molecule is Cc1cc(F)c(Br)cc1S(=O)(=O)N(C)CCC(=O)O. The summed E-state index contributed by atoms with van der Waals surface area (Å²) >= 11 is 2.93. The Hall–Kier alpha value is -0.990. The van der Waals surface area contributed by atoms with Crippen LogP contribution in [0.15, 0.2) is 21.5 Å². The van der Waals surface area contributed by atoms with Crippen LogP contribution in [0, 0.1) is 12.7 Å². The molecule has 0 spiro atoms. The number of carbonyl (C=O) groups is 1. The number of hydrogen-bond donors (Lipinski definition) is 1. The summed E-state index contributed by atoms with van der Waals surface area (Å²) in [6, 6.07) is 2.29. The normalized spacial score (nSPS) is 11.8. The van der Waals surface area contributed by atoms with Gasteiger partial charge in [-0.3, -0.25) is 4.79 Å². The summed E-state index contributed by atoms with van der Waals surface area (Å²) in [7, 11) is -2.54. The van der Waals surface area contributed by atoms with E-state index in [1.54, 1.807) is 0 Å². The van der Waals surface area contributed by atoms with E-state index in [2.05, 4.69) is 15.9 Å². The summed E-state index contributed by atoms with van der Waals surface area (Å²) in [6.45, 7) is 1.33. The van der Waals surface area contributed by atoms with E-state index in [4.69, 9.17) is 5.11 Å². The molecule has 1 aromatic carbocycles. The van der Waals surface area contributed by atoms with Gasteiger partial charge in [0.25, 0.3) is 0 Å². The van der Waals surface area contributed by atoms with E-state index >= 15 is 0 Å². The number of carboxylic acid groups (broad SMARTS) is 1. The summed E-state index contributed by atoms with van der Waals surface area (Å²) in [5, 5.41) is 8.56. The number of carboxylic acids is 1. The summed E-state index contributed by atoms with van der Waals surface area (Å²) < 4.78 is 38.7. The van der Waals surface area contributed by atoms with Gasteiger partial charge in [0.1, 0.15) is 5.82 Å². The minimum absolute atomic E-state index is 0.0447. The predicted molar refractivity (Wildman–Crippen MR) is 70.9 cm³/mol. The maximum atomic E-state index is 13.3. The fourth-order valence-electron chi connectivity index (χ4n) is 1.45. The molecule has 8 heteroatoms. The van der Waals surface area contributed by atoms with E-state index in [-0.39, 0.29) is 27.9 Å². The van der Waals surface area contributed by atoms with Crippen LogP contribution in [0.5, 0.6) is 0 Å². The number of sulfonamides is 1. The molecule has 0 unspecified atom stereocenters. The van der Waals surface area contributed by atoms with Crippen molar-refractivity contribution < 1.29 is 22.7 Å². The topological polar surface area (TPSA) is 74.7 Å². The molecule has 0 bridgehead atoms. The quantitative estimate of drug-likeness (QED) is 0.878. The molecule has 0 aromatic heterocycles. The van der Waals surface area contributed by atoms with Gasteiger partial charge in [0.05, 0.1) is 15.8 Å². The largest absolute Gasteiger partial charge is 0.481 e. The van der Waals surface area contributed by atoms with Crippen LogP contribution >= 0.6 is 15.9 Å². The molecule has 0 aliphatic rings. The molecule has 0 amide bonds. The molecule has 19 heavy (non-hydrogen) atoms. The first-order valence-corrected chi connectivity index (χ1v) is 7.53. The van der Waals surface area contributed by atoms with Crippen LogP contribution in [0.4, 0.5) is 4.39 Å². The zero-order valence-electron chi connectivity index (χ0n) is 10.4. The van der Waals surface area contributed by atoms with Crippen molar-refractivity contribution >= 4 is 31.9 Å². The summed E-state index contributed by atoms with van der Waals surface area (Å²) in [6.07, 6.45) is -0.295. The molecule has 0 aliphatic carbocycles. The van der Waals surface area contributed by atoms with Crippen molar-refractivity contribution in [2.75, 3.05) is 13.6 Å². The Morgan fingerprint density at radius 1 is 1.47 bits per heavy atom. The van der Waals surface area contributed by atoms with Crippen molar-refractivity contribution in [3.8, 4) is 0 Å². The van der Waals surface area contributed by atoms with Crippen molar-refractivity contribution in [1.82, 2.24) is 4.31 Å². The first-order chi connectivity index (χ1) is 8.66. The zero-order valence-corrected chi connectivity index (χ0v) is 12.8. The van der Waals surface area contributed by atoms with E-state index in [0.29, 0.717) is 0 Å². The number of rotatable bonds is 5. The van der Waals surface area contributed by atoms with Gasteiger partial charge in [-0.1, -0.05) is 0 Å². The minimum atomic E-state index is -3.83. The smallest absolute Gasteiger partial charge is 0.304 e. The van der Waals surface area contributed by atoms with Gasteiger partial charge in [-0.05, 0) is 40.5 Å². The first kappa shape index (κ1) is 16.1. The fraction of sp³-hybridized carbons (Fsp3) is 0.364. The maximum Gasteiger partial charge on any atom is 0.304 e. The standard InChI is InChI=1S/C11H13BrFNO4S/c1-7-5-9(13)8(12)6-10(7)19(17,18)14(2)4-3-11(15)16/h5-6H,3-4H2,1-2H3,(H,15,16). The van der Waals surface area contributed by atoms with Gasteiger partial charge in [0.2, 0.25) is 10.0 Å². The molecule has 106 valence electrons. The first-order valence-electron chi connectivity index (χ1n) is 5.30. The lowest BCUT2D eigenvalue weighted by molar-refractivity contribution is -0.137. The maximum absolute atomic E-state index is 13.3. The highest BCUT2D eigenvalue weighted by Crippen LogP contribution is 2.25. The number of halogens is 2. The van der Waals surface area contributed by atoms with Gasteiger partial charge in [0, 0.05) is 13.6 Å². The molecule has 0 fully saturated rings. The summed E-state index contributed by atoms with van der Waals surface area (Å²) in [5.74, 6) is -1.64.